The Balaban J connectivity index is 2.32. The lowest BCUT2D eigenvalue weighted by atomic mass is 9.98. The van der Waals surface area contributed by atoms with Crippen molar-refractivity contribution in [3.63, 3.8) is 0 Å². The van der Waals surface area contributed by atoms with Crippen molar-refractivity contribution in [3.8, 4) is 6.07 Å². The number of rotatable bonds is 2. The normalized spacial score (nSPS) is 24.2. The Morgan fingerprint density at radius 2 is 2.10 bits per heavy atom. The zero-order chi connectivity index (χ0) is 15.7. The summed E-state index contributed by atoms with van der Waals surface area (Å²) in [5.74, 6) is 0. The van der Waals surface area contributed by atoms with Gasteiger partial charge in [0, 0.05) is 13.1 Å². The minimum Gasteiger partial charge on any atom is -0.398 e. The highest BCUT2D eigenvalue weighted by molar-refractivity contribution is 7.89. The summed E-state index contributed by atoms with van der Waals surface area (Å²) >= 11 is 0. The van der Waals surface area contributed by atoms with E-state index in [-0.39, 0.29) is 17.1 Å². The molecule has 0 aromatic heterocycles. The molecule has 0 amide bonds. The van der Waals surface area contributed by atoms with Gasteiger partial charge in [-0.1, -0.05) is 0 Å². The van der Waals surface area contributed by atoms with Crippen molar-refractivity contribution in [2.45, 2.75) is 36.7 Å². The van der Waals surface area contributed by atoms with E-state index in [0.717, 1.165) is 0 Å². The molecule has 1 unspecified atom stereocenters. The molecule has 0 spiro atoms. The van der Waals surface area contributed by atoms with Gasteiger partial charge in [-0.05, 0) is 44.4 Å². The molecular formula is C14H19N3O3S. The lowest BCUT2D eigenvalue weighted by Gasteiger charge is -2.22. The van der Waals surface area contributed by atoms with Crippen LogP contribution in [0.25, 0.3) is 0 Å². The molecule has 1 fully saturated rings. The van der Waals surface area contributed by atoms with Crippen molar-refractivity contribution in [1.29, 1.82) is 5.26 Å². The molecule has 0 bridgehead atoms. The van der Waals surface area contributed by atoms with E-state index in [1.807, 2.05) is 6.07 Å². The molecule has 7 heteroatoms. The van der Waals surface area contributed by atoms with Gasteiger partial charge in [-0.2, -0.15) is 9.57 Å². The van der Waals surface area contributed by atoms with Crippen LogP contribution in [0.1, 0.15) is 31.7 Å². The van der Waals surface area contributed by atoms with Crippen LogP contribution in [0.15, 0.2) is 23.1 Å². The number of nitrogens with two attached hydrogens (primary N) is 1. The lowest BCUT2D eigenvalue weighted by molar-refractivity contribution is 0.0465. The summed E-state index contributed by atoms with van der Waals surface area (Å²) in [6.07, 6.45) is 1.56. The Kier molecular flexibility index (Phi) is 4.23. The van der Waals surface area contributed by atoms with Gasteiger partial charge in [-0.3, -0.25) is 0 Å². The van der Waals surface area contributed by atoms with E-state index in [9.17, 15) is 13.5 Å². The molecule has 0 radical (unpaired) electrons. The maximum atomic E-state index is 12.7. The van der Waals surface area contributed by atoms with Gasteiger partial charge in [-0.25, -0.2) is 8.42 Å². The Labute approximate surface area is 124 Å². The van der Waals surface area contributed by atoms with Crippen molar-refractivity contribution in [1.82, 2.24) is 4.31 Å². The number of hydrogen-bond donors (Lipinski definition) is 2. The molecule has 1 aromatic rings. The Bertz CT molecular complexity index is 677. The highest BCUT2D eigenvalue weighted by Crippen LogP contribution is 2.28. The molecule has 3 N–H and O–H groups in total. The van der Waals surface area contributed by atoms with Gasteiger partial charge >= 0.3 is 0 Å². The number of aliphatic hydroxyl groups is 1. The molecule has 1 heterocycles. The van der Waals surface area contributed by atoms with Crippen molar-refractivity contribution >= 4 is 15.7 Å². The fourth-order valence-corrected chi connectivity index (χ4v) is 4.05. The van der Waals surface area contributed by atoms with Crippen LogP contribution < -0.4 is 5.73 Å². The molecule has 1 aromatic carbocycles. The van der Waals surface area contributed by atoms with Crippen LogP contribution in [-0.4, -0.2) is 36.5 Å². The molecular weight excluding hydrogens is 290 g/mol. The standard InChI is InChI=1S/C14H19N3O3S/c1-14(18)5-2-7-17(8-6-14)21(19,20)13-4-3-11(10-15)9-12(13)16/h3-4,9,18H,2,5-8,16H2,1H3. The van der Waals surface area contributed by atoms with Crippen LogP contribution in [-0.2, 0) is 10.0 Å². The molecule has 1 aliphatic rings. The van der Waals surface area contributed by atoms with Crippen LogP contribution in [0.2, 0.25) is 0 Å². The van der Waals surface area contributed by atoms with E-state index in [4.69, 9.17) is 11.0 Å². The smallest absolute Gasteiger partial charge is 0.245 e. The van der Waals surface area contributed by atoms with Crippen LogP contribution in [0.3, 0.4) is 0 Å². The van der Waals surface area contributed by atoms with Crippen molar-refractivity contribution in [2.75, 3.05) is 18.8 Å². The quantitative estimate of drug-likeness (QED) is 0.794. The summed E-state index contributed by atoms with van der Waals surface area (Å²) in [7, 11) is -3.70. The largest absolute Gasteiger partial charge is 0.398 e. The number of nitrogens with zero attached hydrogens (tertiary/aromatic N) is 2. The number of nitrogen functional groups attached to an aromatic ring is 1. The Hall–Kier alpha value is -1.62. The maximum absolute atomic E-state index is 12.7. The predicted octanol–water partition coefficient (Wildman–Crippen LogP) is 1.07. The van der Waals surface area contributed by atoms with Gasteiger partial charge < -0.3 is 10.8 Å². The van der Waals surface area contributed by atoms with Gasteiger partial charge in [0.1, 0.15) is 4.90 Å². The topological polar surface area (TPSA) is 107 Å². The zero-order valence-corrected chi connectivity index (χ0v) is 12.7. The molecule has 1 atom stereocenters. The second-order valence-corrected chi connectivity index (χ2v) is 7.53. The highest BCUT2D eigenvalue weighted by Gasteiger charge is 2.32. The van der Waals surface area contributed by atoms with E-state index in [1.165, 1.54) is 22.5 Å². The Morgan fingerprint density at radius 3 is 2.71 bits per heavy atom. The first-order chi connectivity index (χ1) is 9.76. The highest BCUT2D eigenvalue weighted by atomic mass is 32.2. The average molecular weight is 309 g/mol. The summed E-state index contributed by atoms with van der Waals surface area (Å²) in [5, 5.41) is 18.9. The third kappa shape index (κ3) is 3.35. The summed E-state index contributed by atoms with van der Waals surface area (Å²) in [6.45, 7) is 2.34. The number of nitriles is 1. The third-order valence-electron chi connectivity index (χ3n) is 3.78. The van der Waals surface area contributed by atoms with Crippen LogP contribution in [0, 0.1) is 11.3 Å². The fourth-order valence-electron chi connectivity index (χ4n) is 2.47. The van der Waals surface area contributed by atoms with Gasteiger partial charge in [0.25, 0.3) is 0 Å². The van der Waals surface area contributed by atoms with Crippen LogP contribution in [0.4, 0.5) is 5.69 Å². The summed E-state index contributed by atoms with van der Waals surface area (Å²) in [4.78, 5) is 0.0167. The average Bonchev–Trinajstić information content (AvgIpc) is 2.59. The second-order valence-electron chi connectivity index (χ2n) is 5.62. The van der Waals surface area contributed by atoms with E-state index >= 15 is 0 Å². The van der Waals surface area contributed by atoms with E-state index < -0.39 is 15.6 Å². The molecule has 2 rings (SSSR count). The molecule has 1 saturated heterocycles. The van der Waals surface area contributed by atoms with Crippen LogP contribution >= 0.6 is 0 Å². The monoisotopic (exact) mass is 309 g/mol. The summed E-state index contributed by atoms with van der Waals surface area (Å²) in [5.41, 5.74) is 5.34. The summed E-state index contributed by atoms with van der Waals surface area (Å²) < 4.78 is 26.7. The van der Waals surface area contributed by atoms with E-state index in [0.29, 0.717) is 31.4 Å². The number of sulfonamides is 1. The number of anilines is 1. The molecule has 21 heavy (non-hydrogen) atoms. The predicted molar refractivity (Wildman–Crippen MR) is 78.8 cm³/mol. The zero-order valence-electron chi connectivity index (χ0n) is 11.9. The van der Waals surface area contributed by atoms with E-state index in [1.54, 1.807) is 6.92 Å². The number of hydrogen-bond acceptors (Lipinski definition) is 5. The second kappa shape index (κ2) is 5.64. The first kappa shape index (κ1) is 15.8. The maximum Gasteiger partial charge on any atom is 0.245 e. The minimum atomic E-state index is -3.70. The third-order valence-corrected chi connectivity index (χ3v) is 5.75. The van der Waals surface area contributed by atoms with Gasteiger partial charge in [0.2, 0.25) is 10.0 Å². The van der Waals surface area contributed by atoms with Crippen molar-refractivity contribution < 1.29 is 13.5 Å². The molecule has 6 nitrogen and oxygen atoms in total. The fraction of sp³-hybridized carbons (Fsp3) is 0.500. The van der Waals surface area contributed by atoms with Crippen LogP contribution in [0.5, 0.6) is 0 Å². The number of benzene rings is 1. The minimum absolute atomic E-state index is 0.0167. The molecule has 114 valence electrons. The van der Waals surface area contributed by atoms with Gasteiger partial charge in [-0.15, -0.1) is 0 Å². The first-order valence-electron chi connectivity index (χ1n) is 6.78. The van der Waals surface area contributed by atoms with Gasteiger partial charge in [0.15, 0.2) is 0 Å². The molecule has 0 saturated carbocycles. The SMILES string of the molecule is CC1(O)CCCN(S(=O)(=O)c2ccc(C#N)cc2N)CC1. The Morgan fingerprint density at radius 1 is 1.38 bits per heavy atom. The summed E-state index contributed by atoms with van der Waals surface area (Å²) in [6, 6.07) is 6.10. The molecule has 0 aliphatic carbocycles. The van der Waals surface area contributed by atoms with Crippen molar-refractivity contribution in [2.24, 2.45) is 0 Å². The lowest BCUT2D eigenvalue weighted by Crippen LogP contribution is -2.34. The van der Waals surface area contributed by atoms with E-state index in [2.05, 4.69) is 0 Å². The molecule has 1 aliphatic heterocycles. The first-order valence-corrected chi connectivity index (χ1v) is 8.22. The van der Waals surface area contributed by atoms with Gasteiger partial charge in [0.05, 0.1) is 22.9 Å². The van der Waals surface area contributed by atoms with Crippen molar-refractivity contribution in [3.05, 3.63) is 23.8 Å².